The van der Waals surface area contributed by atoms with Crippen molar-refractivity contribution in [3.8, 4) is 0 Å². The lowest BCUT2D eigenvalue weighted by molar-refractivity contribution is -0.139. The molecule has 0 aliphatic rings. The third-order valence-electron chi connectivity index (χ3n) is 1.48. The molecule has 10 N–H and O–H groups in total. The molecule has 132 valence electrons. The van der Waals surface area contributed by atoms with Crippen LogP contribution in [0.3, 0.4) is 0 Å². The zero-order valence-electron chi connectivity index (χ0n) is 12.2. The second-order valence-corrected chi connectivity index (χ2v) is 3.86. The number of hydrogen-bond donors (Lipinski definition) is 6. The molecule has 0 atom stereocenters. The first-order valence-electron chi connectivity index (χ1n) is 5.95. The van der Waals surface area contributed by atoms with Gasteiger partial charge in [-0.3, -0.25) is 28.8 Å². The number of carbonyl (C=O) groups excluding carboxylic acids is 4. The number of amides is 4. The third-order valence-corrected chi connectivity index (χ3v) is 1.48. The van der Waals surface area contributed by atoms with Gasteiger partial charge in [0.05, 0.1) is 0 Å². The van der Waals surface area contributed by atoms with Gasteiger partial charge < -0.3 is 33.1 Å². The van der Waals surface area contributed by atoms with Crippen LogP contribution in [0.4, 0.5) is 0 Å². The maximum atomic E-state index is 9.79. The lowest BCUT2D eigenvalue weighted by atomic mass is 10.2. The van der Waals surface area contributed by atoms with Crippen molar-refractivity contribution in [2.45, 2.75) is 32.1 Å². The predicted octanol–water partition coefficient (Wildman–Crippen LogP) is -2.98. The molecule has 0 spiro atoms. The Morgan fingerprint density at radius 3 is 0.870 bits per heavy atom. The Kier molecular flexibility index (Phi) is 16.4. The first-order valence-corrected chi connectivity index (χ1v) is 5.95. The van der Waals surface area contributed by atoms with Crippen molar-refractivity contribution in [3.05, 3.63) is 0 Å². The first-order chi connectivity index (χ1) is 10.4. The van der Waals surface area contributed by atoms with Crippen molar-refractivity contribution in [3.63, 3.8) is 0 Å². The average molecular weight is 336 g/mol. The second kappa shape index (κ2) is 15.2. The molecule has 0 aliphatic heterocycles. The van der Waals surface area contributed by atoms with Crippen LogP contribution in [-0.2, 0) is 28.8 Å². The van der Waals surface area contributed by atoms with E-state index in [0.717, 1.165) is 0 Å². The highest BCUT2D eigenvalue weighted by atomic mass is 16.4. The summed E-state index contributed by atoms with van der Waals surface area (Å²) in [7, 11) is 0. The van der Waals surface area contributed by atoms with Crippen LogP contribution in [0.1, 0.15) is 32.1 Å². The molecule has 0 aromatic carbocycles. The Morgan fingerprint density at radius 1 is 0.565 bits per heavy atom. The van der Waals surface area contributed by atoms with E-state index in [1.165, 1.54) is 0 Å². The fourth-order valence-corrected chi connectivity index (χ4v) is 0.734. The number of aliphatic carboxylic acids is 2. The van der Waals surface area contributed by atoms with Crippen molar-refractivity contribution < 1.29 is 39.0 Å². The highest BCUT2D eigenvalue weighted by Gasteiger charge is 1.99. The summed E-state index contributed by atoms with van der Waals surface area (Å²) in [6.45, 7) is 0. The van der Waals surface area contributed by atoms with Crippen LogP contribution in [-0.4, -0.2) is 45.8 Å². The van der Waals surface area contributed by atoms with Crippen LogP contribution >= 0.6 is 0 Å². The highest BCUT2D eigenvalue weighted by molar-refractivity contribution is 5.95. The van der Waals surface area contributed by atoms with Crippen molar-refractivity contribution in [1.29, 1.82) is 0 Å². The molecule has 0 radical (unpaired) electrons. The Balaban J connectivity index is -0.000000264. The molecule has 23 heavy (non-hydrogen) atoms. The van der Waals surface area contributed by atoms with Crippen LogP contribution in [0.15, 0.2) is 0 Å². The number of carboxylic acids is 2. The fraction of sp³-hybridized carbons (Fsp3) is 0.455. The second-order valence-electron chi connectivity index (χ2n) is 3.86. The summed E-state index contributed by atoms with van der Waals surface area (Å²) in [6.07, 6.45) is -0.636. The number of rotatable bonds is 8. The third kappa shape index (κ3) is 45.5. The lowest BCUT2D eigenvalue weighted by Crippen LogP contribution is -2.21. The topological polar surface area (TPSA) is 247 Å². The Hall–Kier alpha value is -3.18. The summed E-state index contributed by atoms with van der Waals surface area (Å²) >= 11 is 0. The zero-order chi connectivity index (χ0) is 19.0. The van der Waals surface area contributed by atoms with E-state index >= 15 is 0 Å². The molecule has 0 aliphatic carbocycles. The summed E-state index contributed by atoms with van der Waals surface area (Å²) in [5.74, 6) is -4.65. The van der Waals surface area contributed by atoms with Gasteiger partial charge in [0, 0.05) is 12.8 Å². The number of primary amides is 4. The molecule has 12 heteroatoms. The van der Waals surface area contributed by atoms with Gasteiger partial charge in [-0.1, -0.05) is 0 Å². The molecule has 0 aromatic heterocycles. The van der Waals surface area contributed by atoms with E-state index in [1.54, 1.807) is 0 Å². The predicted molar refractivity (Wildman–Crippen MR) is 75.1 cm³/mol. The monoisotopic (exact) mass is 336 g/mol. The normalized spacial score (nSPS) is 8.35. The van der Waals surface area contributed by atoms with Crippen molar-refractivity contribution in [2.24, 2.45) is 22.9 Å². The van der Waals surface area contributed by atoms with E-state index in [-0.39, 0.29) is 32.1 Å². The van der Waals surface area contributed by atoms with E-state index in [2.05, 4.69) is 22.9 Å². The average Bonchev–Trinajstić information content (AvgIpc) is 2.24. The minimum Gasteiger partial charge on any atom is -0.481 e. The molecular formula is C11H20N4O8. The minimum absolute atomic E-state index is 0.0632. The largest absolute Gasteiger partial charge is 0.481 e. The SMILES string of the molecule is NC(=O)CC(N)=O.NC(=O)CC(N)=O.O=C(O)CCCC(=O)O. The molecule has 0 rings (SSSR count). The number of hydrogen-bond acceptors (Lipinski definition) is 6. The first kappa shape index (κ1) is 24.8. The molecule has 0 heterocycles. The van der Waals surface area contributed by atoms with Gasteiger partial charge in [0.2, 0.25) is 23.6 Å². The smallest absolute Gasteiger partial charge is 0.303 e. The number of carbonyl (C=O) groups is 6. The van der Waals surface area contributed by atoms with Crippen LogP contribution in [0.2, 0.25) is 0 Å². The maximum Gasteiger partial charge on any atom is 0.303 e. The molecule has 0 aromatic rings. The van der Waals surface area contributed by atoms with Crippen LogP contribution in [0.5, 0.6) is 0 Å². The van der Waals surface area contributed by atoms with Crippen molar-refractivity contribution in [1.82, 2.24) is 0 Å². The van der Waals surface area contributed by atoms with Crippen LogP contribution in [0.25, 0.3) is 0 Å². The van der Waals surface area contributed by atoms with Crippen molar-refractivity contribution in [2.75, 3.05) is 0 Å². The highest BCUT2D eigenvalue weighted by Crippen LogP contribution is 1.93. The molecule has 0 bridgehead atoms. The van der Waals surface area contributed by atoms with Gasteiger partial charge in [-0.25, -0.2) is 0 Å². The van der Waals surface area contributed by atoms with E-state index in [1.807, 2.05) is 0 Å². The molecule has 4 amide bonds. The van der Waals surface area contributed by atoms with E-state index < -0.39 is 35.6 Å². The summed E-state index contributed by atoms with van der Waals surface area (Å²) < 4.78 is 0. The van der Waals surface area contributed by atoms with Gasteiger partial charge in [0.1, 0.15) is 12.8 Å². The molecule has 0 saturated heterocycles. The lowest BCUT2D eigenvalue weighted by Gasteiger charge is -1.89. The van der Waals surface area contributed by atoms with Gasteiger partial charge >= 0.3 is 11.9 Å². The molecule has 0 fully saturated rings. The maximum absolute atomic E-state index is 9.79. The summed E-state index contributed by atoms with van der Waals surface area (Å²) in [5, 5.41) is 16.1. The van der Waals surface area contributed by atoms with E-state index in [0.29, 0.717) is 0 Å². The Morgan fingerprint density at radius 2 is 0.783 bits per heavy atom. The van der Waals surface area contributed by atoms with Gasteiger partial charge in [-0.15, -0.1) is 0 Å². The van der Waals surface area contributed by atoms with Gasteiger partial charge in [-0.2, -0.15) is 0 Å². The van der Waals surface area contributed by atoms with Crippen LogP contribution in [0, 0.1) is 0 Å². The molecule has 12 nitrogen and oxygen atoms in total. The van der Waals surface area contributed by atoms with Gasteiger partial charge in [0.25, 0.3) is 0 Å². The van der Waals surface area contributed by atoms with Crippen LogP contribution < -0.4 is 22.9 Å². The standard InChI is InChI=1S/C5H8O4.2C3H6N2O2/c6-4(7)2-1-3-5(8)9;2*4-2(6)1-3(5)7/h1-3H2,(H,6,7)(H,8,9);2*1H2,(H2,4,6)(H2,5,7). The summed E-state index contributed by atoms with van der Waals surface area (Å²) in [5.41, 5.74) is 18.2. The molecule has 0 saturated carbocycles. The minimum atomic E-state index is -0.948. The number of nitrogens with two attached hydrogens (primary N) is 4. The Bertz CT molecular complexity index is 385. The number of carboxylic acid groups (broad SMARTS) is 2. The molecular weight excluding hydrogens is 316 g/mol. The van der Waals surface area contributed by atoms with Gasteiger partial charge in [-0.05, 0) is 6.42 Å². The van der Waals surface area contributed by atoms with E-state index in [4.69, 9.17) is 10.2 Å². The quantitative estimate of drug-likeness (QED) is 0.249. The van der Waals surface area contributed by atoms with Gasteiger partial charge in [0.15, 0.2) is 0 Å². The van der Waals surface area contributed by atoms with E-state index in [9.17, 15) is 28.8 Å². The zero-order valence-corrected chi connectivity index (χ0v) is 12.2. The van der Waals surface area contributed by atoms with Crippen molar-refractivity contribution >= 4 is 35.6 Å². The summed E-state index contributed by atoms with van der Waals surface area (Å²) in [4.78, 5) is 58.5. The fourth-order valence-electron chi connectivity index (χ4n) is 0.734. The molecule has 0 unspecified atom stereocenters. The Labute approximate surface area is 130 Å². The summed E-state index contributed by atoms with van der Waals surface area (Å²) in [6, 6.07) is 0.